The lowest BCUT2D eigenvalue weighted by atomic mass is 9.99. The van der Waals surface area contributed by atoms with Gasteiger partial charge in [0.25, 0.3) is 0 Å². The van der Waals surface area contributed by atoms with Crippen LogP contribution in [0.5, 0.6) is 0 Å². The minimum atomic E-state index is -0.418. The fourth-order valence-corrected chi connectivity index (χ4v) is 3.30. The summed E-state index contributed by atoms with van der Waals surface area (Å²) in [5.74, 6) is 0.499. The van der Waals surface area contributed by atoms with E-state index in [-0.39, 0.29) is 18.0 Å². The first kappa shape index (κ1) is 20.7. The summed E-state index contributed by atoms with van der Waals surface area (Å²) in [5, 5.41) is 5.89. The number of carbonyl (C=O) groups excluding carboxylic acids is 2. The predicted molar refractivity (Wildman–Crippen MR) is 95.9 cm³/mol. The average Bonchev–Trinajstić information content (AvgIpc) is 2.52. The highest BCUT2D eigenvalue weighted by molar-refractivity contribution is 5.82. The van der Waals surface area contributed by atoms with Crippen LogP contribution >= 0.6 is 0 Å². The predicted octanol–water partition coefficient (Wildman–Crippen LogP) is 2.53. The van der Waals surface area contributed by atoms with Crippen molar-refractivity contribution in [2.45, 2.75) is 78.4 Å². The van der Waals surface area contributed by atoms with Crippen LogP contribution in [0.2, 0.25) is 0 Å². The van der Waals surface area contributed by atoms with Gasteiger partial charge in [0.05, 0.1) is 12.6 Å². The zero-order valence-electron chi connectivity index (χ0n) is 15.9. The van der Waals surface area contributed by atoms with Gasteiger partial charge in [-0.2, -0.15) is 0 Å². The maximum atomic E-state index is 12.6. The van der Waals surface area contributed by atoms with Crippen molar-refractivity contribution in [2.24, 2.45) is 5.92 Å². The Morgan fingerprint density at radius 2 is 1.92 bits per heavy atom. The van der Waals surface area contributed by atoms with Crippen molar-refractivity contribution < 1.29 is 14.3 Å². The molecule has 6 heteroatoms. The molecule has 2 atom stereocenters. The molecule has 2 amide bonds. The minimum absolute atomic E-state index is 0.0546. The summed E-state index contributed by atoms with van der Waals surface area (Å²) >= 11 is 0. The topological polar surface area (TPSA) is 70.7 Å². The molecule has 1 aliphatic heterocycles. The number of carbonyl (C=O) groups is 2. The maximum absolute atomic E-state index is 12.6. The highest BCUT2D eigenvalue weighted by atomic mass is 16.5. The molecule has 0 aromatic heterocycles. The number of piperidine rings is 1. The highest BCUT2D eigenvalue weighted by Gasteiger charge is 2.30. The van der Waals surface area contributed by atoms with Gasteiger partial charge in [-0.1, -0.05) is 20.3 Å². The molecule has 1 heterocycles. The van der Waals surface area contributed by atoms with Gasteiger partial charge in [-0.15, -0.1) is 0 Å². The van der Waals surface area contributed by atoms with Gasteiger partial charge < -0.3 is 15.4 Å². The normalized spacial score (nSPS) is 20.0. The van der Waals surface area contributed by atoms with Gasteiger partial charge in [-0.05, 0) is 52.5 Å². The van der Waals surface area contributed by atoms with Crippen LogP contribution in [0.15, 0.2) is 0 Å². The molecule has 1 fully saturated rings. The second-order valence-corrected chi connectivity index (χ2v) is 7.28. The fraction of sp³-hybridized carbons (Fsp3) is 0.889. The Labute approximate surface area is 146 Å². The molecular formula is C18H35N3O3. The molecule has 0 radical (unpaired) electrons. The highest BCUT2D eigenvalue weighted by Crippen LogP contribution is 2.19. The van der Waals surface area contributed by atoms with Crippen molar-refractivity contribution in [1.82, 2.24) is 15.5 Å². The summed E-state index contributed by atoms with van der Waals surface area (Å²) < 4.78 is 4.95. The zero-order chi connectivity index (χ0) is 18.1. The molecular weight excluding hydrogens is 306 g/mol. The van der Waals surface area contributed by atoms with Gasteiger partial charge in [0.1, 0.15) is 0 Å². The van der Waals surface area contributed by atoms with Crippen molar-refractivity contribution in [3.63, 3.8) is 0 Å². The van der Waals surface area contributed by atoms with Gasteiger partial charge in [-0.25, -0.2) is 4.79 Å². The van der Waals surface area contributed by atoms with Crippen LogP contribution in [0, 0.1) is 5.92 Å². The molecule has 0 aromatic carbocycles. The molecule has 1 rings (SSSR count). The van der Waals surface area contributed by atoms with Crippen LogP contribution in [0.3, 0.4) is 0 Å². The first-order valence-corrected chi connectivity index (χ1v) is 9.31. The number of hydrogen-bond donors (Lipinski definition) is 2. The van der Waals surface area contributed by atoms with E-state index in [1.54, 1.807) is 6.92 Å². The van der Waals surface area contributed by atoms with E-state index in [2.05, 4.69) is 43.2 Å². The van der Waals surface area contributed by atoms with Gasteiger partial charge in [0.15, 0.2) is 0 Å². The number of rotatable bonds is 8. The number of alkyl carbamates (subject to hydrolysis) is 1. The van der Waals surface area contributed by atoms with E-state index in [0.29, 0.717) is 25.1 Å². The molecule has 140 valence electrons. The quantitative estimate of drug-likeness (QED) is 0.712. The summed E-state index contributed by atoms with van der Waals surface area (Å²) in [4.78, 5) is 26.6. The lowest BCUT2D eigenvalue weighted by Crippen LogP contribution is -2.54. The third-order valence-electron chi connectivity index (χ3n) is 4.39. The van der Waals surface area contributed by atoms with E-state index in [0.717, 1.165) is 32.2 Å². The number of nitrogens with one attached hydrogen (secondary N) is 2. The number of hydrogen-bond acceptors (Lipinski definition) is 4. The largest absolute Gasteiger partial charge is 0.450 e. The second kappa shape index (κ2) is 10.5. The van der Waals surface area contributed by atoms with Crippen LogP contribution in [-0.2, 0) is 9.53 Å². The third-order valence-corrected chi connectivity index (χ3v) is 4.39. The smallest absolute Gasteiger partial charge is 0.407 e. The van der Waals surface area contributed by atoms with E-state index < -0.39 is 6.09 Å². The molecule has 0 spiro atoms. The Bertz CT molecular complexity index is 399. The SMILES string of the molecule is CCOC(=O)NC(CNC(=O)C1CCCCN1C(C)C)CC(C)C. The molecule has 24 heavy (non-hydrogen) atoms. The Morgan fingerprint density at radius 3 is 2.50 bits per heavy atom. The van der Waals surface area contributed by atoms with Gasteiger partial charge in [-0.3, -0.25) is 9.69 Å². The Kier molecular flexibility index (Phi) is 9.11. The van der Waals surface area contributed by atoms with E-state index >= 15 is 0 Å². The summed E-state index contributed by atoms with van der Waals surface area (Å²) in [6.45, 7) is 12.0. The van der Waals surface area contributed by atoms with Crippen LogP contribution < -0.4 is 10.6 Å². The number of nitrogens with zero attached hydrogens (tertiary/aromatic N) is 1. The molecule has 1 aliphatic rings. The van der Waals surface area contributed by atoms with Crippen LogP contribution in [-0.4, -0.2) is 54.7 Å². The molecule has 0 saturated carbocycles. The summed E-state index contributed by atoms with van der Waals surface area (Å²) in [6, 6.07) is 0.204. The first-order valence-electron chi connectivity index (χ1n) is 9.31. The van der Waals surface area contributed by atoms with Crippen molar-refractivity contribution >= 4 is 12.0 Å². The lowest BCUT2D eigenvalue weighted by molar-refractivity contribution is -0.128. The third kappa shape index (κ3) is 7.07. The van der Waals surface area contributed by atoms with Crippen LogP contribution in [0.4, 0.5) is 4.79 Å². The number of likely N-dealkylation sites (tertiary alicyclic amines) is 1. The molecule has 0 aliphatic carbocycles. The molecule has 0 bridgehead atoms. The van der Waals surface area contributed by atoms with E-state index in [1.165, 1.54) is 0 Å². The van der Waals surface area contributed by atoms with E-state index in [4.69, 9.17) is 4.74 Å². The fourth-order valence-electron chi connectivity index (χ4n) is 3.30. The number of ether oxygens (including phenoxy) is 1. The van der Waals surface area contributed by atoms with Crippen molar-refractivity contribution in [3.05, 3.63) is 0 Å². The molecule has 2 N–H and O–H groups in total. The molecule has 1 saturated heterocycles. The standard InChI is InChI=1S/C18H35N3O3/c1-6-24-18(23)20-15(11-13(2)3)12-19-17(22)16-9-7-8-10-21(16)14(4)5/h13-16H,6-12H2,1-5H3,(H,19,22)(H,20,23). The van der Waals surface area contributed by atoms with Crippen LogP contribution in [0.25, 0.3) is 0 Å². The first-order chi connectivity index (χ1) is 11.3. The second-order valence-electron chi connectivity index (χ2n) is 7.28. The van der Waals surface area contributed by atoms with Crippen molar-refractivity contribution in [3.8, 4) is 0 Å². The lowest BCUT2D eigenvalue weighted by Gasteiger charge is -2.37. The van der Waals surface area contributed by atoms with Gasteiger partial charge in [0.2, 0.25) is 5.91 Å². The molecule has 0 aromatic rings. The summed E-state index contributed by atoms with van der Waals surface area (Å²) in [7, 11) is 0. The van der Waals surface area contributed by atoms with E-state index in [1.807, 2.05) is 0 Å². The maximum Gasteiger partial charge on any atom is 0.407 e. The summed E-state index contributed by atoms with van der Waals surface area (Å²) in [6.07, 6.45) is 3.54. The molecule has 2 unspecified atom stereocenters. The Morgan fingerprint density at radius 1 is 1.21 bits per heavy atom. The van der Waals surface area contributed by atoms with Crippen molar-refractivity contribution in [1.29, 1.82) is 0 Å². The van der Waals surface area contributed by atoms with Gasteiger partial charge in [0, 0.05) is 18.6 Å². The number of amides is 2. The monoisotopic (exact) mass is 341 g/mol. The van der Waals surface area contributed by atoms with E-state index in [9.17, 15) is 9.59 Å². The van der Waals surface area contributed by atoms with Crippen molar-refractivity contribution in [2.75, 3.05) is 19.7 Å². The molecule has 6 nitrogen and oxygen atoms in total. The van der Waals surface area contributed by atoms with Crippen LogP contribution in [0.1, 0.15) is 60.3 Å². The zero-order valence-corrected chi connectivity index (χ0v) is 15.9. The Balaban J connectivity index is 2.57. The summed E-state index contributed by atoms with van der Waals surface area (Å²) in [5.41, 5.74) is 0. The average molecular weight is 341 g/mol. The van der Waals surface area contributed by atoms with Gasteiger partial charge >= 0.3 is 6.09 Å². The minimum Gasteiger partial charge on any atom is -0.450 e. The Hall–Kier alpha value is -1.30.